The maximum absolute atomic E-state index is 11.1. The van der Waals surface area contributed by atoms with Gasteiger partial charge in [-0.25, -0.2) is 4.79 Å². The quantitative estimate of drug-likeness (QED) is 0.607. The molecule has 0 spiro atoms. The van der Waals surface area contributed by atoms with E-state index >= 15 is 0 Å². The number of terminal acetylenes is 1. The average molecular weight is 229 g/mol. The van der Waals surface area contributed by atoms with Crippen LogP contribution in [0.2, 0.25) is 0 Å². The zero-order chi connectivity index (χ0) is 8.97. The predicted octanol–water partition coefficient (Wildman–Crippen LogP) is 0.962. The SMILES string of the molecule is C#CCOC(=O)c1[nH]ncc1Br. The van der Waals surface area contributed by atoms with Crippen LogP contribution >= 0.6 is 15.9 Å². The van der Waals surface area contributed by atoms with Crippen LogP contribution in [0.25, 0.3) is 0 Å². The van der Waals surface area contributed by atoms with Gasteiger partial charge in [0.25, 0.3) is 0 Å². The summed E-state index contributed by atoms with van der Waals surface area (Å²) in [6.07, 6.45) is 6.37. The number of nitrogens with one attached hydrogen (secondary N) is 1. The van der Waals surface area contributed by atoms with Crippen LogP contribution in [0, 0.1) is 12.3 Å². The lowest BCUT2D eigenvalue weighted by Crippen LogP contribution is -2.06. The summed E-state index contributed by atoms with van der Waals surface area (Å²) in [5.74, 6) is 1.67. The van der Waals surface area contributed by atoms with Crippen LogP contribution in [-0.4, -0.2) is 22.8 Å². The summed E-state index contributed by atoms with van der Waals surface area (Å²) in [7, 11) is 0. The third-order valence-electron chi connectivity index (χ3n) is 1.08. The van der Waals surface area contributed by atoms with E-state index in [-0.39, 0.29) is 12.3 Å². The van der Waals surface area contributed by atoms with Crippen LogP contribution in [0.4, 0.5) is 0 Å². The number of halogens is 1. The Balaban J connectivity index is 2.67. The molecule has 0 amide bonds. The molecule has 0 aromatic carbocycles. The van der Waals surface area contributed by atoms with Gasteiger partial charge in [0.2, 0.25) is 0 Å². The van der Waals surface area contributed by atoms with Crippen molar-refractivity contribution in [2.24, 2.45) is 0 Å². The van der Waals surface area contributed by atoms with Gasteiger partial charge in [-0.2, -0.15) is 5.10 Å². The van der Waals surface area contributed by atoms with Gasteiger partial charge in [0, 0.05) is 0 Å². The van der Waals surface area contributed by atoms with E-state index in [4.69, 9.17) is 6.42 Å². The number of hydrogen-bond donors (Lipinski definition) is 1. The third-order valence-corrected chi connectivity index (χ3v) is 1.69. The number of H-pyrrole nitrogens is 1. The summed E-state index contributed by atoms with van der Waals surface area (Å²) < 4.78 is 5.20. The highest BCUT2D eigenvalue weighted by molar-refractivity contribution is 9.10. The van der Waals surface area contributed by atoms with Crippen LogP contribution in [0.5, 0.6) is 0 Å². The van der Waals surface area contributed by atoms with Gasteiger partial charge >= 0.3 is 5.97 Å². The highest BCUT2D eigenvalue weighted by Crippen LogP contribution is 2.13. The first-order chi connectivity index (χ1) is 5.75. The molecule has 0 fully saturated rings. The molecule has 0 aliphatic heterocycles. The van der Waals surface area contributed by atoms with E-state index in [9.17, 15) is 4.79 Å². The lowest BCUT2D eigenvalue weighted by atomic mass is 10.4. The van der Waals surface area contributed by atoms with Gasteiger partial charge in [0.05, 0.1) is 10.7 Å². The van der Waals surface area contributed by atoms with E-state index in [1.54, 1.807) is 0 Å². The Kier molecular flexibility index (Phi) is 2.88. The zero-order valence-corrected chi connectivity index (χ0v) is 7.59. The Bertz CT molecular complexity index is 326. The second-order valence-corrected chi connectivity index (χ2v) is 2.73. The second-order valence-electron chi connectivity index (χ2n) is 1.87. The molecule has 0 aliphatic carbocycles. The van der Waals surface area contributed by atoms with E-state index in [1.807, 2.05) is 0 Å². The van der Waals surface area contributed by atoms with Crippen molar-refractivity contribution in [3.8, 4) is 12.3 Å². The summed E-state index contributed by atoms with van der Waals surface area (Å²) in [5, 5.41) is 6.10. The summed E-state index contributed by atoms with van der Waals surface area (Å²) in [4.78, 5) is 11.1. The number of aromatic nitrogens is 2. The molecule has 12 heavy (non-hydrogen) atoms. The minimum absolute atomic E-state index is 0.0374. The first-order valence-electron chi connectivity index (χ1n) is 3.05. The summed E-state index contributed by atoms with van der Waals surface area (Å²) >= 11 is 3.11. The number of aromatic amines is 1. The molecule has 0 saturated carbocycles. The molecule has 0 radical (unpaired) electrons. The van der Waals surface area contributed by atoms with E-state index in [0.717, 1.165) is 0 Å². The fraction of sp³-hybridized carbons (Fsp3) is 0.143. The normalized spacial score (nSPS) is 9.00. The van der Waals surface area contributed by atoms with E-state index in [0.29, 0.717) is 4.47 Å². The molecule has 4 nitrogen and oxygen atoms in total. The highest BCUT2D eigenvalue weighted by Gasteiger charge is 2.12. The Morgan fingerprint density at radius 1 is 1.92 bits per heavy atom. The predicted molar refractivity (Wildman–Crippen MR) is 45.4 cm³/mol. The van der Waals surface area contributed by atoms with Crippen molar-refractivity contribution in [2.45, 2.75) is 0 Å². The van der Waals surface area contributed by atoms with E-state index < -0.39 is 5.97 Å². The Morgan fingerprint density at radius 3 is 3.17 bits per heavy atom. The first kappa shape index (κ1) is 8.81. The molecule has 1 rings (SSSR count). The topological polar surface area (TPSA) is 55.0 Å². The monoisotopic (exact) mass is 228 g/mol. The Labute approximate surface area is 77.4 Å². The number of esters is 1. The minimum Gasteiger partial charge on any atom is -0.448 e. The van der Waals surface area contributed by atoms with Crippen molar-refractivity contribution in [3.63, 3.8) is 0 Å². The molecule has 1 aromatic heterocycles. The maximum atomic E-state index is 11.1. The molecule has 62 valence electrons. The fourth-order valence-corrected chi connectivity index (χ4v) is 0.947. The molecular weight excluding hydrogens is 224 g/mol. The fourth-order valence-electron chi connectivity index (χ4n) is 0.594. The number of hydrogen-bond acceptors (Lipinski definition) is 3. The number of carbonyl (C=O) groups is 1. The van der Waals surface area contributed by atoms with Gasteiger partial charge in [0.1, 0.15) is 0 Å². The van der Waals surface area contributed by atoms with Crippen molar-refractivity contribution in [1.29, 1.82) is 0 Å². The van der Waals surface area contributed by atoms with E-state index in [1.165, 1.54) is 6.20 Å². The van der Waals surface area contributed by atoms with Crippen molar-refractivity contribution >= 4 is 21.9 Å². The highest BCUT2D eigenvalue weighted by atomic mass is 79.9. The second kappa shape index (κ2) is 3.93. The Hall–Kier alpha value is -1.28. The molecule has 0 atom stereocenters. The van der Waals surface area contributed by atoms with Crippen molar-refractivity contribution in [1.82, 2.24) is 10.2 Å². The maximum Gasteiger partial charge on any atom is 0.358 e. The standard InChI is InChI=1S/C7H5BrN2O2/c1-2-3-12-7(11)6-5(8)4-9-10-6/h1,4H,3H2,(H,9,10). The zero-order valence-electron chi connectivity index (χ0n) is 6.00. The molecule has 0 bridgehead atoms. The number of carbonyl (C=O) groups excluding carboxylic acids is 1. The van der Waals surface area contributed by atoms with Crippen molar-refractivity contribution in [2.75, 3.05) is 6.61 Å². The van der Waals surface area contributed by atoms with Crippen LogP contribution in [0.15, 0.2) is 10.7 Å². The molecule has 1 heterocycles. The summed E-state index contributed by atoms with van der Waals surface area (Å²) in [6.45, 7) is -0.0374. The number of nitrogens with zero attached hydrogens (tertiary/aromatic N) is 1. The third kappa shape index (κ3) is 1.86. The average Bonchev–Trinajstić information content (AvgIpc) is 2.47. The minimum atomic E-state index is -0.516. The van der Waals surface area contributed by atoms with Crippen molar-refractivity contribution in [3.05, 3.63) is 16.4 Å². The van der Waals surface area contributed by atoms with Gasteiger partial charge < -0.3 is 4.74 Å². The van der Waals surface area contributed by atoms with Crippen molar-refractivity contribution < 1.29 is 9.53 Å². The molecule has 5 heteroatoms. The molecule has 1 aromatic rings. The molecule has 1 N–H and O–H groups in total. The summed E-state index contributed by atoms with van der Waals surface area (Å²) in [6, 6.07) is 0. The lowest BCUT2D eigenvalue weighted by molar-refractivity contribution is 0.0549. The van der Waals surface area contributed by atoms with Crippen LogP contribution in [-0.2, 0) is 4.74 Å². The number of rotatable bonds is 2. The largest absolute Gasteiger partial charge is 0.448 e. The van der Waals surface area contributed by atoms with E-state index in [2.05, 4.69) is 36.8 Å². The molecular formula is C7H5BrN2O2. The molecule has 0 saturated heterocycles. The molecule has 0 aliphatic rings. The first-order valence-corrected chi connectivity index (χ1v) is 3.84. The van der Waals surface area contributed by atoms with Crippen LogP contribution in [0.3, 0.4) is 0 Å². The van der Waals surface area contributed by atoms with Gasteiger partial charge in [-0.15, -0.1) is 6.42 Å². The summed E-state index contributed by atoms with van der Waals surface area (Å²) in [5.41, 5.74) is 0.269. The van der Waals surface area contributed by atoms with Gasteiger partial charge in [-0.3, -0.25) is 5.10 Å². The number of ether oxygens (including phenoxy) is 1. The van der Waals surface area contributed by atoms with Crippen LogP contribution in [0.1, 0.15) is 10.5 Å². The van der Waals surface area contributed by atoms with Crippen LogP contribution < -0.4 is 0 Å². The lowest BCUT2D eigenvalue weighted by Gasteiger charge is -1.96. The smallest absolute Gasteiger partial charge is 0.358 e. The Morgan fingerprint density at radius 2 is 2.67 bits per heavy atom. The van der Waals surface area contributed by atoms with Gasteiger partial charge in [-0.05, 0) is 15.9 Å². The van der Waals surface area contributed by atoms with Gasteiger partial charge in [0.15, 0.2) is 12.3 Å². The molecule has 0 unspecified atom stereocenters. The van der Waals surface area contributed by atoms with Gasteiger partial charge in [-0.1, -0.05) is 5.92 Å².